The fourth-order valence-corrected chi connectivity index (χ4v) is 4.88. The molecule has 2 aromatic carbocycles. The standard InChI is InChI=1S/C17H20N2O5S2/c1-24-16-9-11-17(12-10-16)26(22,23)19(15-7-8-15)14-5-3-13(4-6-14)18-25(2,20)21/h3-6,9-12,15,18H,7-8H2,1-2H3. The normalized spacial score (nSPS) is 14.7. The van der Waals surface area contributed by atoms with Gasteiger partial charge in [0.15, 0.2) is 0 Å². The number of nitrogens with zero attached hydrogens (tertiary/aromatic N) is 1. The van der Waals surface area contributed by atoms with E-state index in [4.69, 9.17) is 4.74 Å². The van der Waals surface area contributed by atoms with E-state index in [1.54, 1.807) is 36.4 Å². The highest BCUT2D eigenvalue weighted by atomic mass is 32.2. The van der Waals surface area contributed by atoms with Crippen LogP contribution in [0.4, 0.5) is 11.4 Å². The van der Waals surface area contributed by atoms with Gasteiger partial charge in [0, 0.05) is 11.7 Å². The van der Waals surface area contributed by atoms with Crippen molar-refractivity contribution in [2.75, 3.05) is 22.4 Å². The maximum atomic E-state index is 13.1. The van der Waals surface area contributed by atoms with Crippen LogP contribution in [-0.2, 0) is 20.0 Å². The Morgan fingerprint density at radius 1 is 0.962 bits per heavy atom. The Kier molecular flexibility index (Phi) is 4.85. The number of benzene rings is 2. The fraction of sp³-hybridized carbons (Fsp3) is 0.294. The van der Waals surface area contributed by atoms with Crippen molar-refractivity contribution in [2.24, 2.45) is 0 Å². The lowest BCUT2D eigenvalue weighted by atomic mass is 10.3. The second kappa shape index (κ2) is 6.81. The number of anilines is 2. The van der Waals surface area contributed by atoms with Crippen molar-refractivity contribution in [3.05, 3.63) is 48.5 Å². The van der Waals surface area contributed by atoms with E-state index in [1.165, 1.54) is 23.5 Å². The van der Waals surface area contributed by atoms with E-state index in [1.807, 2.05) is 0 Å². The first-order chi connectivity index (χ1) is 12.2. The van der Waals surface area contributed by atoms with Crippen LogP contribution in [0, 0.1) is 0 Å². The number of rotatable bonds is 7. The van der Waals surface area contributed by atoms with E-state index in [2.05, 4.69) is 4.72 Å². The second-order valence-electron chi connectivity index (χ2n) is 6.13. The lowest BCUT2D eigenvalue weighted by Crippen LogP contribution is -2.33. The summed E-state index contributed by atoms with van der Waals surface area (Å²) in [6.07, 6.45) is 2.64. The molecule has 1 fully saturated rings. The Bertz CT molecular complexity index is 980. The third kappa shape index (κ3) is 4.10. The second-order valence-corrected chi connectivity index (χ2v) is 9.69. The van der Waals surface area contributed by atoms with Crippen molar-refractivity contribution in [3.8, 4) is 5.75 Å². The zero-order valence-electron chi connectivity index (χ0n) is 14.4. The van der Waals surface area contributed by atoms with Gasteiger partial charge in [0.2, 0.25) is 10.0 Å². The Hall–Kier alpha value is -2.26. The van der Waals surface area contributed by atoms with E-state index < -0.39 is 20.0 Å². The third-order valence-electron chi connectivity index (χ3n) is 3.92. The molecule has 0 aliphatic heterocycles. The highest BCUT2D eigenvalue weighted by Gasteiger charge is 2.38. The van der Waals surface area contributed by atoms with Gasteiger partial charge in [-0.1, -0.05) is 0 Å². The molecule has 0 atom stereocenters. The van der Waals surface area contributed by atoms with Crippen LogP contribution in [0.3, 0.4) is 0 Å². The van der Waals surface area contributed by atoms with Gasteiger partial charge < -0.3 is 4.74 Å². The quantitative estimate of drug-likeness (QED) is 0.776. The van der Waals surface area contributed by atoms with Crippen molar-refractivity contribution in [1.29, 1.82) is 0 Å². The molecule has 0 amide bonds. The highest BCUT2D eigenvalue weighted by Crippen LogP contribution is 2.37. The Morgan fingerprint density at radius 3 is 2.00 bits per heavy atom. The highest BCUT2D eigenvalue weighted by molar-refractivity contribution is 7.93. The molecular weight excluding hydrogens is 376 g/mol. The molecule has 0 unspecified atom stereocenters. The molecule has 9 heteroatoms. The Morgan fingerprint density at radius 2 is 1.54 bits per heavy atom. The van der Waals surface area contributed by atoms with Gasteiger partial charge in [-0.3, -0.25) is 9.03 Å². The van der Waals surface area contributed by atoms with Crippen LogP contribution >= 0.6 is 0 Å². The molecule has 1 aliphatic carbocycles. The fourth-order valence-electron chi connectivity index (χ4n) is 2.61. The molecule has 1 aliphatic rings. The summed E-state index contributed by atoms with van der Waals surface area (Å²) in [7, 11) is -5.59. The van der Waals surface area contributed by atoms with Gasteiger partial charge in [0.1, 0.15) is 5.75 Å². The van der Waals surface area contributed by atoms with Crippen molar-refractivity contribution in [3.63, 3.8) is 0 Å². The molecule has 0 saturated heterocycles. The van der Waals surface area contributed by atoms with Crippen LogP contribution < -0.4 is 13.8 Å². The average Bonchev–Trinajstić information content (AvgIpc) is 3.40. The smallest absolute Gasteiger partial charge is 0.264 e. The topological polar surface area (TPSA) is 92.8 Å². The predicted molar refractivity (Wildman–Crippen MR) is 101 cm³/mol. The van der Waals surface area contributed by atoms with Crippen molar-refractivity contribution in [2.45, 2.75) is 23.8 Å². The minimum atomic E-state index is -3.72. The minimum absolute atomic E-state index is 0.0872. The van der Waals surface area contributed by atoms with Gasteiger partial charge in [0.25, 0.3) is 10.0 Å². The molecular formula is C17H20N2O5S2. The molecule has 140 valence electrons. The molecule has 1 saturated carbocycles. The molecule has 0 heterocycles. The Labute approximate surface area is 153 Å². The molecule has 0 aromatic heterocycles. The summed E-state index contributed by atoms with van der Waals surface area (Å²) in [5.74, 6) is 0.582. The predicted octanol–water partition coefficient (Wildman–Crippen LogP) is 2.42. The van der Waals surface area contributed by atoms with Crippen molar-refractivity contribution in [1.82, 2.24) is 0 Å². The summed E-state index contributed by atoms with van der Waals surface area (Å²) >= 11 is 0. The summed E-state index contributed by atoms with van der Waals surface area (Å²) in [6, 6.07) is 12.5. The van der Waals surface area contributed by atoms with Gasteiger partial charge >= 0.3 is 0 Å². The molecule has 0 radical (unpaired) electrons. The maximum absolute atomic E-state index is 13.1. The summed E-state index contributed by atoms with van der Waals surface area (Å²) in [6.45, 7) is 0. The summed E-state index contributed by atoms with van der Waals surface area (Å²) in [4.78, 5) is 0.184. The van der Waals surface area contributed by atoms with Crippen LogP contribution in [0.15, 0.2) is 53.4 Å². The number of hydrogen-bond acceptors (Lipinski definition) is 5. The number of nitrogens with one attached hydrogen (secondary N) is 1. The number of methoxy groups -OCH3 is 1. The number of hydrogen-bond donors (Lipinski definition) is 1. The lowest BCUT2D eigenvalue weighted by molar-refractivity contribution is 0.414. The molecule has 2 aromatic rings. The van der Waals surface area contributed by atoms with Crippen LogP contribution in [0.5, 0.6) is 5.75 Å². The van der Waals surface area contributed by atoms with Crippen LogP contribution in [0.2, 0.25) is 0 Å². The SMILES string of the molecule is COc1ccc(S(=O)(=O)N(c2ccc(NS(C)(=O)=O)cc2)C2CC2)cc1. The van der Waals surface area contributed by atoms with Gasteiger partial charge in [-0.05, 0) is 61.4 Å². The van der Waals surface area contributed by atoms with Crippen LogP contribution in [0.25, 0.3) is 0 Å². The zero-order chi connectivity index (χ0) is 18.9. The molecule has 0 bridgehead atoms. The summed E-state index contributed by atoms with van der Waals surface area (Å²) in [5.41, 5.74) is 0.885. The van der Waals surface area contributed by atoms with Gasteiger partial charge in [-0.25, -0.2) is 16.8 Å². The van der Waals surface area contributed by atoms with E-state index in [9.17, 15) is 16.8 Å². The van der Waals surface area contributed by atoms with Gasteiger partial charge in [0.05, 0.1) is 23.9 Å². The van der Waals surface area contributed by atoms with Gasteiger partial charge in [-0.15, -0.1) is 0 Å². The van der Waals surface area contributed by atoms with Crippen LogP contribution in [-0.4, -0.2) is 36.2 Å². The summed E-state index contributed by atoms with van der Waals surface area (Å²) < 4.78 is 57.7. The third-order valence-corrected chi connectivity index (χ3v) is 6.42. The molecule has 0 spiro atoms. The van der Waals surface area contributed by atoms with Gasteiger partial charge in [-0.2, -0.15) is 0 Å². The molecule has 3 rings (SSSR count). The molecule has 7 nitrogen and oxygen atoms in total. The minimum Gasteiger partial charge on any atom is -0.497 e. The maximum Gasteiger partial charge on any atom is 0.264 e. The lowest BCUT2D eigenvalue weighted by Gasteiger charge is -2.24. The monoisotopic (exact) mass is 396 g/mol. The number of ether oxygens (including phenoxy) is 1. The first-order valence-corrected chi connectivity index (χ1v) is 11.3. The van der Waals surface area contributed by atoms with E-state index in [-0.39, 0.29) is 10.9 Å². The Balaban J connectivity index is 1.93. The van der Waals surface area contributed by atoms with Crippen LogP contribution in [0.1, 0.15) is 12.8 Å². The van der Waals surface area contributed by atoms with E-state index in [0.29, 0.717) is 17.1 Å². The first-order valence-electron chi connectivity index (χ1n) is 7.97. The van der Waals surface area contributed by atoms with Crippen molar-refractivity contribution >= 4 is 31.4 Å². The first kappa shape index (κ1) is 18.5. The molecule has 26 heavy (non-hydrogen) atoms. The zero-order valence-corrected chi connectivity index (χ0v) is 16.0. The van der Waals surface area contributed by atoms with Crippen molar-refractivity contribution < 1.29 is 21.6 Å². The number of sulfonamides is 2. The molecule has 1 N–H and O–H groups in total. The average molecular weight is 396 g/mol. The summed E-state index contributed by atoms with van der Waals surface area (Å²) in [5, 5.41) is 0. The van der Waals surface area contributed by atoms with E-state index >= 15 is 0 Å². The van der Waals surface area contributed by atoms with E-state index in [0.717, 1.165) is 19.1 Å². The largest absolute Gasteiger partial charge is 0.497 e.